The van der Waals surface area contributed by atoms with Crippen LogP contribution in [0.25, 0.3) is 0 Å². The van der Waals surface area contributed by atoms with Gasteiger partial charge in [0, 0.05) is 13.1 Å². The van der Waals surface area contributed by atoms with Crippen LogP contribution < -0.4 is 15.4 Å². The van der Waals surface area contributed by atoms with E-state index in [1.807, 2.05) is 0 Å². The molecule has 0 radical (unpaired) electrons. The number of methoxy groups -OCH3 is 1. The van der Waals surface area contributed by atoms with E-state index in [0.717, 1.165) is 36.7 Å². The average molecular weight is 229 g/mol. The van der Waals surface area contributed by atoms with Gasteiger partial charge < -0.3 is 15.4 Å². The minimum Gasteiger partial charge on any atom is -0.490 e. The van der Waals surface area contributed by atoms with Crippen LogP contribution in [0, 0.1) is 0 Å². The zero-order valence-electron chi connectivity index (χ0n) is 9.62. The third-order valence-corrected chi connectivity index (χ3v) is 3.04. The smallest absolute Gasteiger partial charge is 0.197 e. The van der Waals surface area contributed by atoms with E-state index in [1.54, 1.807) is 7.11 Å². The maximum Gasteiger partial charge on any atom is 0.197 e. The molecule has 0 unspecified atom stereocenters. The lowest BCUT2D eigenvalue weighted by Gasteiger charge is -2.22. The first kappa shape index (κ1) is 12.1. The van der Waals surface area contributed by atoms with Gasteiger partial charge in [0.15, 0.2) is 16.6 Å². The summed E-state index contributed by atoms with van der Waals surface area (Å²) in [6.07, 6.45) is 2.22. The lowest BCUT2D eigenvalue weighted by molar-refractivity contribution is 0.417. The summed E-state index contributed by atoms with van der Waals surface area (Å²) < 4.78 is 9.40. The number of anilines is 2. The molecule has 1 rings (SSSR count). The Labute approximate surface area is 95.2 Å². The summed E-state index contributed by atoms with van der Waals surface area (Å²) >= 11 is 1.41. The number of nitrogen functional groups attached to an aromatic ring is 1. The van der Waals surface area contributed by atoms with Crippen LogP contribution in [0.5, 0.6) is 5.75 Å². The number of hydrogen-bond donors (Lipinski definition) is 1. The van der Waals surface area contributed by atoms with Crippen LogP contribution in [0.1, 0.15) is 26.7 Å². The van der Waals surface area contributed by atoms with E-state index >= 15 is 0 Å². The lowest BCUT2D eigenvalue weighted by Crippen LogP contribution is -2.24. The molecule has 1 aromatic heterocycles. The number of nitrogens with zero attached hydrogens (tertiary/aromatic N) is 2. The number of hydrogen-bond acceptors (Lipinski definition) is 5. The Morgan fingerprint density at radius 1 is 1.33 bits per heavy atom. The molecule has 0 saturated carbocycles. The monoisotopic (exact) mass is 229 g/mol. The Morgan fingerprint density at radius 3 is 2.40 bits per heavy atom. The fraction of sp³-hybridized carbons (Fsp3) is 0.700. The molecule has 15 heavy (non-hydrogen) atoms. The summed E-state index contributed by atoms with van der Waals surface area (Å²) in [5, 5.41) is 1.05. The van der Waals surface area contributed by atoms with E-state index in [0.29, 0.717) is 5.82 Å². The highest BCUT2D eigenvalue weighted by atomic mass is 32.1. The highest BCUT2D eigenvalue weighted by Gasteiger charge is 2.17. The maximum absolute atomic E-state index is 5.73. The van der Waals surface area contributed by atoms with E-state index in [9.17, 15) is 0 Å². The summed E-state index contributed by atoms with van der Waals surface area (Å²) in [4.78, 5) is 2.28. The molecule has 0 aliphatic heterocycles. The standard InChI is InChI=1S/C10H19N3OS/c1-4-6-13(7-5-2)10-8(14-3)9(11)12-15-10/h4-7H2,1-3H3,(H2,11,12). The molecule has 0 bridgehead atoms. The third-order valence-electron chi connectivity index (χ3n) is 2.14. The van der Waals surface area contributed by atoms with Gasteiger partial charge in [-0.2, -0.15) is 4.37 Å². The van der Waals surface area contributed by atoms with Gasteiger partial charge in [0.1, 0.15) is 0 Å². The van der Waals surface area contributed by atoms with E-state index < -0.39 is 0 Å². The van der Waals surface area contributed by atoms with Crippen molar-refractivity contribution >= 4 is 22.4 Å². The quantitative estimate of drug-likeness (QED) is 0.813. The largest absolute Gasteiger partial charge is 0.490 e. The van der Waals surface area contributed by atoms with Crippen molar-refractivity contribution in [1.82, 2.24) is 4.37 Å². The first-order chi connectivity index (χ1) is 7.24. The van der Waals surface area contributed by atoms with Crippen LogP contribution in [0.4, 0.5) is 10.8 Å². The average Bonchev–Trinajstić information content (AvgIpc) is 2.59. The molecular weight excluding hydrogens is 210 g/mol. The van der Waals surface area contributed by atoms with Crippen molar-refractivity contribution in [3.8, 4) is 5.75 Å². The molecule has 0 aliphatic carbocycles. The molecule has 0 fully saturated rings. The molecule has 2 N–H and O–H groups in total. The molecule has 0 aromatic carbocycles. The van der Waals surface area contributed by atoms with Gasteiger partial charge in [-0.25, -0.2) is 0 Å². The summed E-state index contributed by atoms with van der Waals surface area (Å²) in [5.74, 6) is 1.22. The Balaban J connectivity index is 2.88. The maximum atomic E-state index is 5.73. The predicted octanol–water partition coefficient (Wildman–Crippen LogP) is 2.36. The van der Waals surface area contributed by atoms with Crippen molar-refractivity contribution in [3.05, 3.63) is 0 Å². The normalized spacial score (nSPS) is 10.3. The van der Waals surface area contributed by atoms with Crippen LogP contribution in [-0.2, 0) is 0 Å². The summed E-state index contributed by atoms with van der Waals surface area (Å²) in [6.45, 7) is 6.37. The molecular formula is C10H19N3OS. The SMILES string of the molecule is CCCN(CCC)c1snc(N)c1OC. The topological polar surface area (TPSA) is 51.4 Å². The molecule has 1 aromatic rings. The van der Waals surface area contributed by atoms with Gasteiger partial charge in [-0.1, -0.05) is 13.8 Å². The second-order valence-corrected chi connectivity index (χ2v) is 4.15. The predicted molar refractivity (Wildman–Crippen MR) is 65.9 cm³/mol. The van der Waals surface area contributed by atoms with Gasteiger partial charge in [-0.15, -0.1) is 0 Å². The summed E-state index contributed by atoms with van der Waals surface area (Å²) in [6, 6.07) is 0. The minimum absolute atomic E-state index is 0.495. The van der Waals surface area contributed by atoms with Gasteiger partial charge in [-0.3, -0.25) is 0 Å². The van der Waals surface area contributed by atoms with Gasteiger partial charge >= 0.3 is 0 Å². The van der Waals surface area contributed by atoms with Crippen LogP contribution in [-0.4, -0.2) is 24.6 Å². The summed E-state index contributed by atoms with van der Waals surface area (Å²) in [7, 11) is 1.64. The lowest BCUT2D eigenvalue weighted by atomic mass is 10.3. The van der Waals surface area contributed by atoms with Crippen molar-refractivity contribution < 1.29 is 4.74 Å². The fourth-order valence-corrected chi connectivity index (χ4v) is 2.37. The second-order valence-electron chi connectivity index (χ2n) is 3.39. The van der Waals surface area contributed by atoms with E-state index in [4.69, 9.17) is 10.5 Å². The Morgan fingerprint density at radius 2 is 1.93 bits per heavy atom. The fourth-order valence-electron chi connectivity index (χ4n) is 1.53. The van der Waals surface area contributed by atoms with Gasteiger partial charge in [-0.05, 0) is 24.4 Å². The van der Waals surface area contributed by atoms with Gasteiger partial charge in [0.05, 0.1) is 7.11 Å². The van der Waals surface area contributed by atoms with Crippen LogP contribution in [0.3, 0.4) is 0 Å². The van der Waals surface area contributed by atoms with Gasteiger partial charge in [0.2, 0.25) is 0 Å². The van der Waals surface area contributed by atoms with Crippen molar-refractivity contribution in [1.29, 1.82) is 0 Å². The number of ether oxygens (including phenoxy) is 1. The molecule has 0 atom stereocenters. The zero-order chi connectivity index (χ0) is 11.3. The van der Waals surface area contributed by atoms with E-state index in [1.165, 1.54) is 11.5 Å². The van der Waals surface area contributed by atoms with Crippen LogP contribution in [0.15, 0.2) is 0 Å². The molecule has 1 heterocycles. The van der Waals surface area contributed by atoms with Crippen LogP contribution >= 0.6 is 11.5 Å². The Hall–Kier alpha value is -0.970. The zero-order valence-corrected chi connectivity index (χ0v) is 10.4. The third kappa shape index (κ3) is 2.75. The van der Waals surface area contributed by atoms with Crippen molar-refractivity contribution in [2.24, 2.45) is 0 Å². The van der Waals surface area contributed by atoms with Crippen molar-refractivity contribution in [3.63, 3.8) is 0 Å². The first-order valence-corrected chi connectivity index (χ1v) is 6.06. The second kappa shape index (κ2) is 5.80. The molecule has 4 nitrogen and oxygen atoms in total. The molecule has 0 aliphatic rings. The highest BCUT2D eigenvalue weighted by molar-refractivity contribution is 7.11. The molecule has 0 spiro atoms. The van der Waals surface area contributed by atoms with Crippen molar-refractivity contribution in [2.75, 3.05) is 30.8 Å². The summed E-state index contributed by atoms with van der Waals surface area (Å²) in [5.41, 5.74) is 5.73. The number of rotatable bonds is 6. The molecule has 5 heteroatoms. The number of nitrogens with two attached hydrogens (primary N) is 1. The van der Waals surface area contributed by atoms with Crippen molar-refractivity contribution in [2.45, 2.75) is 26.7 Å². The highest BCUT2D eigenvalue weighted by Crippen LogP contribution is 2.37. The Kier molecular flexibility index (Phi) is 4.68. The Bertz CT molecular complexity index is 295. The van der Waals surface area contributed by atoms with E-state index in [-0.39, 0.29) is 0 Å². The molecule has 0 saturated heterocycles. The van der Waals surface area contributed by atoms with Gasteiger partial charge in [0.25, 0.3) is 0 Å². The first-order valence-electron chi connectivity index (χ1n) is 5.28. The molecule has 0 amide bonds. The van der Waals surface area contributed by atoms with Crippen LogP contribution in [0.2, 0.25) is 0 Å². The molecule has 86 valence electrons. The van der Waals surface area contributed by atoms with E-state index in [2.05, 4.69) is 23.1 Å². The number of aromatic nitrogens is 1. The minimum atomic E-state index is 0.495.